The molecule has 45 heavy (non-hydrogen) atoms. The van der Waals surface area contributed by atoms with E-state index in [9.17, 15) is 22.4 Å². The summed E-state index contributed by atoms with van der Waals surface area (Å²) in [5.41, 5.74) is 3.50. The average Bonchev–Trinajstić information content (AvgIpc) is 3.05. The number of carbonyl (C=O) groups excluding carboxylic acids is 2. The third-order valence-electron chi connectivity index (χ3n) is 7.62. The van der Waals surface area contributed by atoms with E-state index in [-0.39, 0.29) is 23.8 Å². The molecule has 0 saturated heterocycles. The predicted molar refractivity (Wildman–Crippen MR) is 176 cm³/mol. The highest BCUT2D eigenvalue weighted by Gasteiger charge is 2.35. The van der Waals surface area contributed by atoms with Gasteiger partial charge in [0.25, 0.3) is 10.0 Å². The highest BCUT2D eigenvalue weighted by atomic mass is 32.2. The molecule has 0 heterocycles. The summed E-state index contributed by atoms with van der Waals surface area (Å²) >= 11 is 0. The number of halogens is 1. The maximum Gasteiger partial charge on any atom is 0.264 e. The Morgan fingerprint density at radius 3 is 2.11 bits per heavy atom. The molecule has 236 valence electrons. The SMILES string of the molecule is CCCNC(=O)[C@H](Cc1ccccc1)N(Cc1ccc(F)cc1)C(=O)CN(c1ccccc1CC)S(=O)(=O)c1ccc(C)cc1. The number of rotatable bonds is 14. The van der Waals surface area contributed by atoms with Crippen molar-refractivity contribution in [1.29, 1.82) is 0 Å². The minimum absolute atomic E-state index is 0.0238. The largest absolute Gasteiger partial charge is 0.354 e. The lowest BCUT2D eigenvalue weighted by molar-refractivity contribution is -0.140. The van der Waals surface area contributed by atoms with Crippen LogP contribution < -0.4 is 9.62 Å². The van der Waals surface area contributed by atoms with Crippen molar-refractivity contribution in [1.82, 2.24) is 10.2 Å². The molecule has 0 bridgehead atoms. The number of nitrogens with one attached hydrogen (secondary N) is 1. The number of aryl methyl sites for hydroxylation is 2. The normalized spacial score (nSPS) is 11.9. The van der Waals surface area contributed by atoms with Gasteiger partial charge in [0.1, 0.15) is 18.4 Å². The number of benzene rings is 4. The Balaban J connectivity index is 1.82. The van der Waals surface area contributed by atoms with Gasteiger partial charge in [-0.1, -0.05) is 92.2 Å². The first kappa shape index (κ1) is 33.4. The number of para-hydroxylation sites is 1. The van der Waals surface area contributed by atoms with Crippen LogP contribution in [0.3, 0.4) is 0 Å². The number of amides is 2. The molecular weight excluding hydrogens is 589 g/mol. The van der Waals surface area contributed by atoms with E-state index >= 15 is 0 Å². The molecule has 0 spiro atoms. The molecule has 0 aliphatic heterocycles. The van der Waals surface area contributed by atoms with E-state index in [1.807, 2.05) is 63.2 Å². The third kappa shape index (κ3) is 8.57. The fourth-order valence-electron chi connectivity index (χ4n) is 5.11. The highest BCUT2D eigenvalue weighted by molar-refractivity contribution is 7.92. The zero-order valence-corrected chi connectivity index (χ0v) is 26.8. The van der Waals surface area contributed by atoms with Gasteiger partial charge >= 0.3 is 0 Å². The maximum atomic E-state index is 14.5. The van der Waals surface area contributed by atoms with E-state index in [0.717, 1.165) is 21.0 Å². The minimum atomic E-state index is -4.19. The van der Waals surface area contributed by atoms with Gasteiger partial charge in [0.05, 0.1) is 10.6 Å². The van der Waals surface area contributed by atoms with E-state index in [1.165, 1.54) is 29.2 Å². The van der Waals surface area contributed by atoms with Crippen molar-refractivity contribution in [3.05, 3.63) is 131 Å². The van der Waals surface area contributed by atoms with E-state index in [2.05, 4.69) is 5.32 Å². The van der Waals surface area contributed by atoms with Gasteiger partial charge in [0.15, 0.2) is 0 Å². The Hall–Kier alpha value is -4.50. The van der Waals surface area contributed by atoms with Crippen LogP contribution in [0.15, 0.2) is 108 Å². The van der Waals surface area contributed by atoms with Crippen molar-refractivity contribution in [3.63, 3.8) is 0 Å². The predicted octanol–water partition coefficient (Wildman–Crippen LogP) is 6.06. The topological polar surface area (TPSA) is 86.8 Å². The first-order valence-electron chi connectivity index (χ1n) is 15.2. The number of anilines is 1. The lowest BCUT2D eigenvalue weighted by atomic mass is 10.0. The summed E-state index contributed by atoms with van der Waals surface area (Å²) in [7, 11) is -4.19. The molecule has 1 atom stereocenters. The maximum absolute atomic E-state index is 14.5. The quantitative estimate of drug-likeness (QED) is 0.184. The summed E-state index contributed by atoms with van der Waals surface area (Å²) in [5.74, 6) is -1.34. The van der Waals surface area contributed by atoms with Gasteiger partial charge in [-0.3, -0.25) is 13.9 Å². The molecule has 0 aromatic heterocycles. The fraction of sp³-hybridized carbons (Fsp3) is 0.278. The van der Waals surface area contributed by atoms with Crippen molar-refractivity contribution in [2.24, 2.45) is 0 Å². The van der Waals surface area contributed by atoms with Crippen molar-refractivity contribution in [2.45, 2.75) is 57.5 Å². The molecule has 0 unspecified atom stereocenters. The molecule has 0 aliphatic rings. The molecule has 4 aromatic carbocycles. The van der Waals surface area contributed by atoms with Crippen LogP contribution in [0, 0.1) is 12.7 Å². The van der Waals surface area contributed by atoms with E-state index in [0.29, 0.717) is 30.6 Å². The number of carbonyl (C=O) groups is 2. The Labute approximate surface area is 265 Å². The first-order chi connectivity index (χ1) is 21.6. The van der Waals surface area contributed by atoms with Gasteiger partial charge in [-0.25, -0.2) is 12.8 Å². The summed E-state index contributed by atoms with van der Waals surface area (Å²) in [5, 5.41) is 2.92. The van der Waals surface area contributed by atoms with Crippen LogP contribution >= 0.6 is 0 Å². The summed E-state index contributed by atoms with van der Waals surface area (Å²) in [6, 6.07) is 27.7. The molecule has 1 N–H and O–H groups in total. The summed E-state index contributed by atoms with van der Waals surface area (Å²) in [6.45, 7) is 5.58. The molecule has 0 saturated carbocycles. The Morgan fingerprint density at radius 2 is 1.47 bits per heavy atom. The van der Waals surface area contributed by atoms with Crippen LogP contribution in [-0.4, -0.2) is 44.3 Å². The molecule has 2 amide bonds. The van der Waals surface area contributed by atoms with Gasteiger partial charge in [-0.15, -0.1) is 0 Å². The highest BCUT2D eigenvalue weighted by Crippen LogP contribution is 2.28. The summed E-state index contributed by atoms with van der Waals surface area (Å²) in [6.07, 6.45) is 1.45. The molecule has 0 fully saturated rings. The molecule has 7 nitrogen and oxygen atoms in total. The summed E-state index contributed by atoms with van der Waals surface area (Å²) in [4.78, 5) is 29.7. The Kier molecular flexibility index (Phi) is 11.5. The van der Waals surface area contributed by atoms with Crippen LogP contribution in [0.4, 0.5) is 10.1 Å². The zero-order valence-electron chi connectivity index (χ0n) is 25.9. The second-order valence-corrected chi connectivity index (χ2v) is 12.8. The van der Waals surface area contributed by atoms with Gasteiger partial charge in [-0.05, 0) is 66.8 Å². The van der Waals surface area contributed by atoms with Crippen molar-refractivity contribution in [2.75, 3.05) is 17.4 Å². The van der Waals surface area contributed by atoms with Gasteiger partial charge < -0.3 is 10.2 Å². The van der Waals surface area contributed by atoms with Crippen molar-refractivity contribution in [3.8, 4) is 0 Å². The first-order valence-corrected chi connectivity index (χ1v) is 16.6. The molecule has 0 radical (unpaired) electrons. The molecule has 9 heteroatoms. The van der Waals surface area contributed by atoms with Crippen molar-refractivity contribution < 1.29 is 22.4 Å². The molecule has 0 aliphatic carbocycles. The Morgan fingerprint density at radius 1 is 0.822 bits per heavy atom. The Bertz CT molecular complexity index is 1680. The summed E-state index contributed by atoms with van der Waals surface area (Å²) < 4.78 is 43.4. The third-order valence-corrected chi connectivity index (χ3v) is 9.39. The zero-order chi connectivity index (χ0) is 32.4. The lowest BCUT2D eigenvalue weighted by Crippen LogP contribution is -2.53. The average molecular weight is 630 g/mol. The van der Waals surface area contributed by atoms with Crippen LogP contribution in [-0.2, 0) is 39.0 Å². The number of hydrogen-bond donors (Lipinski definition) is 1. The van der Waals surface area contributed by atoms with Gasteiger partial charge in [-0.2, -0.15) is 0 Å². The lowest BCUT2D eigenvalue weighted by Gasteiger charge is -2.34. The monoisotopic (exact) mass is 629 g/mol. The van der Waals surface area contributed by atoms with Crippen LogP contribution in [0.1, 0.15) is 42.5 Å². The number of hydrogen-bond acceptors (Lipinski definition) is 4. The van der Waals surface area contributed by atoms with E-state index < -0.39 is 34.3 Å². The minimum Gasteiger partial charge on any atom is -0.354 e. The van der Waals surface area contributed by atoms with Gasteiger partial charge in [0, 0.05) is 19.5 Å². The van der Waals surface area contributed by atoms with Crippen LogP contribution in [0.25, 0.3) is 0 Å². The molecule has 4 aromatic rings. The van der Waals surface area contributed by atoms with E-state index in [1.54, 1.807) is 36.4 Å². The van der Waals surface area contributed by atoms with Gasteiger partial charge in [0.2, 0.25) is 11.8 Å². The second-order valence-electron chi connectivity index (χ2n) is 11.0. The van der Waals surface area contributed by atoms with Crippen LogP contribution in [0.2, 0.25) is 0 Å². The van der Waals surface area contributed by atoms with E-state index in [4.69, 9.17) is 0 Å². The standard InChI is InChI=1S/C36H40FN3O4S/c1-4-23-38-36(42)34(24-28-11-7-6-8-12-28)39(25-29-17-19-31(37)20-18-29)35(41)26-40(33-14-10-9-13-30(33)5-2)45(43,44)32-21-15-27(3)16-22-32/h6-22,34H,4-5,23-26H2,1-3H3,(H,38,42)/t34-/m0/s1. The molecule has 4 rings (SSSR count). The van der Waals surface area contributed by atoms with Crippen molar-refractivity contribution >= 4 is 27.5 Å². The molecular formula is C36H40FN3O4S. The smallest absolute Gasteiger partial charge is 0.264 e. The fourth-order valence-corrected chi connectivity index (χ4v) is 6.56. The second kappa shape index (κ2) is 15.5. The van der Waals surface area contributed by atoms with Crippen LogP contribution in [0.5, 0.6) is 0 Å². The number of nitrogens with zero attached hydrogens (tertiary/aromatic N) is 2. The number of sulfonamides is 1.